The van der Waals surface area contributed by atoms with Crippen LogP contribution in [0.25, 0.3) is 0 Å². The van der Waals surface area contributed by atoms with Gasteiger partial charge in [-0.15, -0.1) is 0 Å². The van der Waals surface area contributed by atoms with Crippen LogP contribution >= 0.6 is 0 Å². The van der Waals surface area contributed by atoms with Crippen LogP contribution in [0, 0.1) is 0 Å². The predicted octanol–water partition coefficient (Wildman–Crippen LogP) is 8.38. The zero-order valence-electron chi connectivity index (χ0n) is 20.8. The summed E-state index contributed by atoms with van der Waals surface area (Å²) in [5.41, 5.74) is 0. The van der Waals surface area contributed by atoms with Crippen LogP contribution in [-0.2, 0) is 9.59 Å². The molecule has 0 heterocycles. The molecule has 4 radical (unpaired) electrons. The van der Waals surface area contributed by atoms with Gasteiger partial charge in [0.2, 0.25) is 0 Å². The van der Waals surface area contributed by atoms with Crippen LogP contribution < -0.4 is 0 Å². The minimum Gasteiger partial charge on any atom is -0.481 e. The number of carboxylic acids is 2. The maximum atomic E-state index is 10.2. The van der Waals surface area contributed by atoms with E-state index in [0.717, 1.165) is 25.7 Å². The molecular formula is C26H52O4Pb. The van der Waals surface area contributed by atoms with Crippen LogP contribution in [0.4, 0.5) is 0 Å². The molecule has 0 atom stereocenters. The Kier molecular flexibility index (Phi) is 36.6. The van der Waals surface area contributed by atoms with E-state index in [2.05, 4.69) is 13.8 Å². The van der Waals surface area contributed by atoms with Gasteiger partial charge in [0.15, 0.2) is 0 Å². The topological polar surface area (TPSA) is 74.6 Å². The maximum Gasteiger partial charge on any atom is 0.303 e. The average Bonchev–Trinajstić information content (AvgIpc) is 2.71. The van der Waals surface area contributed by atoms with E-state index in [4.69, 9.17) is 10.2 Å². The molecule has 0 rings (SSSR count). The van der Waals surface area contributed by atoms with E-state index in [-0.39, 0.29) is 27.3 Å². The summed E-state index contributed by atoms with van der Waals surface area (Å²) in [6.45, 7) is 4.48. The molecule has 184 valence electrons. The number of aliphatic carboxylic acids is 2. The zero-order chi connectivity index (χ0) is 22.7. The standard InChI is InChI=1S/2C13H26O2.Pb/c2*1-2-3-4-5-6-7-8-9-10-11-12-13(14)15;/h2*2-12H2,1H3,(H,14,15);. The first-order valence-electron chi connectivity index (χ1n) is 13.0. The number of unbranched alkanes of at least 4 members (excludes halogenated alkanes) is 18. The van der Waals surface area contributed by atoms with Crippen molar-refractivity contribution in [2.75, 3.05) is 0 Å². The Hall–Kier alpha value is -0.138. The number of carboxylic acid groups (broad SMARTS) is 2. The number of carbonyl (C=O) groups is 2. The molecule has 0 aliphatic carbocycles. The Labute approximate surface area is 213 Å². The summed E-state index contributed by atoms with van der Waals surface area (Å²) in [6, 6.07) is 0. The summed E-state index contributed by atoms with van der Waals surface area (Å²) in [6.07, 6.45) is 25.8. The van der Waals surface area contributed by atoms with Crippen molar-refractivity contribution < 1.29 is 19.8 Å². The van der Waals surface area contributed by atoms with Gasteiger partial charge in [-0.25, -0.2) is 0 Å². The van der Waals surface area contributed by atoms with Crippen LogP contribution in [0.15, 0.2) is 0 Å². The first-order chi connectivity index (χ1) is 14.5. The van der Waals surface area contributed by atoms with Crippen LogP contribution in [-0.4, -0.2) is 49.5 Å². The van der Waals surface area contributed by atoms with Crippen LogP contribution in [0.3, 0.4) is 0 Å². The van der Waals surface area contributed by atoms with E-state index in [1.807, 2.05) is 0 Å². The number of rotatable bonds is 22. The largest absolute Gasteiger partial charge is 0.481 e. The summed E-state index contributed by atoms with van der Waals surface area (Å²) in [5.74, 6) is -1.32. The van der Waals surface area contributed by atoms with Crippen molar-refractivity contribution in [1.29, 1.82) is 0 Å². The Morgan fingerprint density at radius 1 is 0.419 bits per heavy atom. The predicted molar refractivity (Wildman–Crippen MR) is 134 cm³/mol. The van der Waals surface area contributed by atoms with Gasteiger partial charge in [0.1, 0.15) is 0 Å². The van der Waals surface area contributed by atoms with Gasteiger partial charge in [-0.1, -0.05) is 129 Å². The molecule has 0 aliphatic rings. The second-order valence-electron chi connectivity index (χ2n) is 8.65. The molecule has 5 heteroatoms. The van der Waals surface area contributed by atoms with Gasteiger partial charge in [0, 0.05) is 40.1 Å². The van der Waals surface area contributed by atoms with Crippen molar-refractivity contribution in [3.63, 3.8) is 0 Å². The monoisotopic (exact) mass is 636 g/mol. The molecule has 4 nitrogen and oxygen atoms in total. The van der Waals surface area contributed by atoms with Crippen molar-refractivity contribution in [3.05, 3.63) is 0 Å². The van der Waals surface area contributed by atoms with Crippen molar-refractivity contribution in [2.24, 2.45) is 0 Å². The third kappa shape index (κ3) is 40.7. The SMILES string of the molecule is CCCCCCCCCCCCC(=O)O.CCCCCCCCCCCCC(=O)O.[Pb]. The van der Waals surface area contributed by atoms with Gasteiger partial charge < -0.3 is 10.2 Å². The summed E-state index contributed by atoms with van der Waals surface area (Å²) < 4.78 is 0. The molecule has 0 unspecified atom stereocenters. The maximum absolute atomic E-state index is 10.2. The molecule has 0 saturated heterocycles. The first-order valence-corrected chi connectivity index (χ1v) is 13.0. The van der Waals surface area contributed by atoms with Crippen LogP contribution in [0.1, 0.15) is 155 Å². The molecule has 0 aliphatic heterocycles. The van der Waals surface area contributed by atoms with Gasteiger partial charge in [-0.05, 0) is 12.8 Å². The van der Waals surface area contributed by atoms with Crippen molar-refractivity contribution >= 4 is 39.2 Å². The van der Waals surface area contributed by atoms with E-state index >= 15 is 0 Å². The summed E-state index contributed by atoms with van der Waals surface area (Å²) >= 11 is 0. The fourth-order valence-corrected chi connectivity index (χ4v) is 3.53. The number of hydrogen-bond acceptors (Lipinski definition) is 2. The van der Waals surface area contributed by atoms with E-state index < -0.39 is 11.9 Å². The molecule has 0 aromatic heterocycles. The second-order valence-corrected chi connectivity index (χ2v) is 8.65. The van der Waals surface area contributed by atoms with Crippen molar-refractivity contribution in [2.45, 2.75) is 155 Å². The second kappa shape index (κ2) is 32.0. The van der Waals surface area contributed by atoms with Crippen molar-refractivity contribution in [3.8, 4) is 0 Å². The molecule has 31 heavy (non-hydrogen) atoms. The summed E-state index contributed by atoms with van der Waals surface area (Å²) in [7, 11) is 0. The average molecular weight is 636 g/mol. The molecule has 0 fully saturated rings. The van der Waals surface area contributed by atoms with E-state index in [0.29, 0.717) is 12.8 Å². The third-order valence-corrected chi connectivity index (χ3v) is 5.49. The van der Waals surface area contributed by atoms with Crippen LogP contribution in [0.5, 0.6) is 0 Å². The Balaban J connectivity index is -0.000000490. The molecule has 2 N–H and O–H groups in total. The summed E-state index contributed by atoms with van der Waals surface area (Å²) in [5, 5.41) is 16.9. The Morgan fingerprint density at radius 3 is 0.806 bits per heavy atom. The Bertz CT molecular complexity index is 327. The van der Waals surface area contributed by atoms with E-state index in [1.165, 1.54) is 103 Å². The van der Waals surface area contributed by atoms with E-state index in [1.54, 1.807) is 0 Å². The Morgan fingerprint density at radius 2 is 0.613 bits per heavy atom. The summed E-state index contributed by atoms with van der Waals surface area (Å²) in [4.78, 5) is 20.5. The third-order valence-electron chi connectivity index (χ3n) is 5.49. The quantitative estimate of drug-likeness (QED) is 0.0926. The fourth-order valence-electron chi connectivity index (χ4n) is 3.53. The minimum absolute atomic E-state index is 0. The molecule has 0 spiro atoms. The van der Waals surface area contributed by atoms with Gasteiger partial charge in [0.05, 0.1) is 0 Å². The van der Waals surface area contributed by atoms with Gasteiger partial charge >= 0.3 is 11.9 Å². The molecule has 0 saturated carbocycles. The number of hydrogen-bond donors (Lipinski definition) is 2. The molecule has 0 amide bonds. The first kappa shape index (κ1) is 35.5. The molecule has 0 aromatic rings. The molecular weight excluding hydrogens is 583 g/mol. The van der Waals surface area contributed by atoms with E-state index in [9.17, 15) is 9.59 Å². The van der Waals surface area contributed by atoms with Gasteiger partial charge in [0.25, 0.3) is 0 Å². The molecule has 0 bridgehead atoms. The fraction of sp³-hybridized carbons (Fsp3) is 0.923. The zero-order valence-corrected chi connectivity index (χ0v) is 24.7. The molecule has 0 aromatic carbocycles. The van der Waals surface area contributed by atoms with Gasteiger partial charge in [-0.2, -0.15) is 0 Å². The van der Waals surface area contributed by atoms with Crippen molar-refractivity contribution in [1.82, 2.24) is 0 Å². The van der Waals surface area contributed by atoms with Gasteiger partial charge in [-0.3, -0.25) is 9.59 Å². The smallest absolute Gasteiger partial charge is 0.303 e. The normalized spacial score (nSPS) is 10.1. The minimum atomic E-state index is -0.658. The van der Waals surface area contributed by atoms with Crippen LogP contribution in [0.2, 0.25) is 0 Å².